The monoisotopic (exact) mass is 286 g/mol. The van der Waals surface area contributed by atoms with Crippen LogP contribution in [0, 0.1) is 11.8 Å². The molecule has 0 bridgehead atoms. The lowest BCUT2D eigenvalue weighted by Crippen LogP contribution is -1.81. The first-order valence-corrected chi connectivity index (χ1v) is 8.05. The largest absolute Gasteiger partial charge is 0.102 e. The third kappa shape index (κ3) is 14.0. The number of halogens is 1. The van der Waals surface area contributed by atoms with Crippen molar-refractivity contribution in [3.05, 3.63) is 0 Å². The zero-order chi connectivity index (χ0) is 11.9. The van der Waals surface area contributed by atoms with Gasteiger partial charge in [-0.3, -0.25) is 0 Å². The van der Waals surface area contributed by atoms with Crippen LogP contribution in [-0.4, -0.2) is 5.33 Å². The van der Waals surface area contributed by atoms with E-state index in [1.54, 1.807) is 0 Å². The zero-order valence-electron chi connectivity index (χ0n) is 10.9. The van der Waals surface area contributed by atoms with Crippen LogP contribution in [0.5, 0.6) is 0 Å². The molecule has 0 unspecified atom stereocenters. The van der Waals surface area contributed by atoms with E-state index in [1.165, 1.54) is 64.2 Å². The average molecular weight is 287 g/mol. The predicted molar refractivity (Wildman–Crippen MR) is 78.0 cm³/mol. The van der Waals surface area contributed by atoms with E-state index in [9.17, 15) is 0 Å². The molecule has 0 spiro atoms. The number of rotatable bonds is 10. The highest BCUT2D eigenvalue weighted by Crippen LogP contribution is 2.10. The Kier molecular flexibility index (Phi) is 15.1. The molecule has 0 aromatic heterocycles. The minimum Gasteiger partial charge on any atom is -0.102 e. The maximum absolute atomic E-state index is 3.30. The highest BCUT2D eigenvalue weighted by atomic mass is 79.9. The Morgan fingerprint density at radius 3 is 1.69 bits per heavy atom. The van der Waals surface area contributed by atoms with Gasteiger partial charge < -0.3 is 0 Å². The summed E-state index contributed by atoms with van der Waals surface area (Å²) in [7, 11) is 0. The first-order valence-electron chi connectivity index (χ1n) is 6.93. The summed E-state index contributed by atoms with van der Waals surface area (Å²) in [5, 5.41) is 0.824. The lowest BCUT2D eigenvalue weighted by Gasteiger charge is -2.00. The van der Waals surface area contributed by atoms with Crippen LogP contribution in [-0.2, 0) is 0 Å². The van der Waals surface area contributed by atoms with E-state index in [0.29, 0.717) is 0 Å². The third-order valence-electron chi connectivity index (χ3n) is 2.85. The minimum absolute atomic E-state index is 0.824. The number of unbranched alkanes of at least 4 members (excludes halogenated alkanes) is 10. The molecule has 0 radical (unpaired) electrons. The minimum atomic E-state index is 0.824. The molecule has 1 heteroatoms. The van der Waals surface area contributed by atoms with E-state index in [-0.39, 0.29) is 0 Å². The Morgan fingerprint density at radius 1 is 0.688 bits per heavy atom. The van der Waals surface area contributed by atoms with Crippen molar-refractivity contribution < 1.29 is 0 Å². The third-order valence-corrected chi connectivity index (χ3v) is 3.13. The maximum Gasteiger partial charge on any atom is 0.0645 e. The second kappa shape index (κ2) is 15.0. The summed E-state index contributed by atoms with van der Waals surface area (Å²) in [5.41, 5.74) is 0. The highest BCUT2D eigenvalue weighted by molar-refractivity contribution is 9.09. The van der Waals surface area contributed by atoms with Crippen molar-refractivity contribution in [1.29, 1.82) is 0 Å². The van der Waals surface area contributed by atoms with Gasteiger partial charge in [0.2, 0.25) is 0 Å². The molecule has 16 heavy (non-hydrogen) atoms. The highest BCUT2D eigenvalue weighted by Gasteiger charge is 1.91. The van der Waals surface area contributed by atoms with Gasteiger partial charge in [0, 0.05) is 6.42 Å². The molecule has 94 valence electrons. The van der Waals surface area contributed by atoms with Crippen LogP contribution in [0.15, 0.2) is 0 Å². The molecule has 0 aliphatic heterocycles. The Balaban J connectivity index is 2.93. The van der Waals surface area contributed by atoms with Crippen LogP contribution in [0.3, 0.4) is 0 Å². The van der Waals surface area contributed by atoms with Crippen molar-refractivity contribution in [3.8, 4) is 11.8 Å². The molecule has 0 amide bonds. The summed E-state index contributed by atoms with van der Waals surface area (Å²) in [5.74, 6) is 6.21. The van der Waals surface area contributed by atoms with Crippen LogP contribution in [0.1, 0.15) is 77.6 Å². The fourth-order valence-electron chi connectivity index (χ4n) is 1.84. The number of alkyl halides is 1. The molecular formula is C15H27Br. The fraction of sp³-hybridized carbons (Fsp3) is 0.867. The average Bonchev–Trinajstić information content (AvgIpc) is 2.31. The van der Waals surface area contributed by atoms with Crippen molar-refractivity contribution in [1.82, 2.24) is 0 Å². The van der Waals surface area contributed by atoms with E-state index in [0.717, 1.165) is 11.8 Å². The summed E-state index contributed by atoms with van der Waals surface area (Å²) in [6.07, 6.45) is 15.1. The van der Waals surface area contributed by atoms with Crippen LogP contribution < -0.4 is 0 Å². The first kappa shape index (κ1) is 16.0. The maximum atomic E-state index is 3.30. The van der Waals surface area contributed by atoms with Crippen LogP contribution in [0.4, 0.5) is 0 Å². The van der Waals surface area contributed by atoms with Crippen molar-refractivity contribution in [2.45, 2.75) is 77.6 Å². The van der Waals surface area contributed by atoms with Gasteiger partial charge in [-0.2, -0.15) is 0 Å². The van der Waals surface area contributed by atoms with Gasteiger partial charge in [0.15, 0.2) is 0 Å². The quantitative estimate of drug-likeness (QED) is 0.275. The van der Waals surface area contributed by atoms with E-state index in [4.69, 9.17) is 0 Å². The summed E-state index contributed by atoms with van der Waals surface area (Å²) in [6, 6.07) is 0. The smallest absolute Gasteiger partial charge is 0.0645 e. The Morgan fingerprint density at radius 2 is 1.19 bits per heavy atom. The summed E-state index contributed by atoms with van der Waals surface area (Å²) in [6.45, 7) is 2.28. The van der Waals surface area contributed by atoms with Gasteiger partial charge in [-0.25, -0.2) is 0 Å². The second-order valence-corrected chi connectivity index (χ2v) is 4.98. The Hall–Kier alpha value is 0.0400. The molecular weight excluding hydrogens is 260 g/mol. The molecule has 0 heterocycles. The lowest BCUT2D eigenvalue weighted by atomic mass is 10.1. The SMILES string of the molecule is CCCCCCCCCCCCC#CCBr. The summed E-state index contributed by atoms with van der Waals surface area (Å²) in [4.78, 5) is 0. The fourth-order valence-corrected chi connectivity index (χ4v) is 2.03. The van der Waals surface area contributed by atoms with Gasteiger partial charge >= 0.3 is 0 Å². The van der Waals surface area contributed by atoms with Crippen LogP contribution in [0.2, 0.25) is 0 Å². The van der Waals surface area contributed by atoms with Gasteiger partial charge in [-0.05, 0) is 6.42 Å². The van der Waals surface area contributed by atoms with Gasteiger partial charge in [-0.1, -0.05) is 86.6 Å². The van der Waals surface area contributed by atoms with E-state index in [2.05, 4.69) is 34.7 Å². The summed E-state index contributed by atoms with van der Waals surface area (Å²) < 4.78 is 0. The molecule has 0 N–H and O–H groups in total. The zero-order valence-corrected chi connectivity index (χ0v) is 12.4. The van der Waals surface area contributed by atoms with Crippen molar-refractivity contribution in [2.75, 3.05) is 5.33 Å². The molecule has 0 nitrogen and oxygen atoms in total. The van der Waals surface area contributed by atoms with Crippen molar-refractivity contribution in [2.24, 2.45) is 0 Å². The van der Waals surface area contributed by atoms with Gasteiger partial charge in [0.1, 0.15) is 0 Å². The van der Waals surface area contributed by atoms with Crippen molar-refractivity contribution >= 4 is 15.9 Å². The Labute approximate surface area is 111 Å². The molecule has 0 saturated carbocycles. The standard InChI is InChI=1S/C15H27Br/c1-2-3-4-5-6-7-8-9-10-11-12-13-14-15-16/h2-12,15H2,1H3. The van der Waals surface area contributed by atoms with E-state index >= 15 is 0 Å². The Bertz CT molecular complexity index is 176. The molecule has 0 saturated heterocycles. The predicted octanol–water partition coefficient (Wildman–Crippen LogP) is 5.70. The number of hydrogen-bond acceptors (Lipinski definition) is 0. The van der Waals surface area contributed by atoms with Crippen LogP contribution >= 0.6 is 15.9 Å². The molecule has 0 fully saturated rings. The second-order valence-electron chi connectivity index (χ2n) is 4.42. The molecule has 0 aliphatic rings. The first-order chi connectivity index (χ1) is 7.91. The summed E-state index contributed by atoms with van der Waals surface area (Å²) >= 11 is 3.30. The van der Waals surface area contributed by atoms with Crippen LogP contribution in [0.25, 0.3) is 0 Å². The molecule has 0 aliphatic carbocycles. The van der Waals surface area contributed by atoms with Gasteiger partial charge in [0.05, 0.1) is 5.33 Å². The van der Waals surface area contributed by atoms with E-state index < -0.39 is 0 Å². The lowest BCUT2D eigenvalue weighted by molar-refractivity contribution is 0.558. The topological polar surface area (TPSA) is 0 Å². The van der Waals surface area contributed by atoms with E-state index in [1.807, 2.05) is 0 Å². The molecule has 0 aromatic carbocycles. The molecule has 0 rings (SSSR count). The molecule has 0 atom stereocenters. The molecule has 0 aromatic rings. The normalized spacial score (nSPS) is 9.88. The van der Waals surface area contributed by atoms with Gasteiger partial charge in [0.25, 0.3) is 0 Å². The number of hydrogen-bond donors (Lipinski definition) is 0. The van der Waals surface area contributed by atoms with Crippen molar-refractivity contribution in [3.63, 3.8) is 0 Å². The van der Waals surface area contributed by atoms with Gasteiger partial charge in [-0.15, -0.1) is 5.92 Å².